The summed E-state index contributed by atoms with van der Waals surface area (Å²) in [6, 6.07) is 1.90. The summed E-state index contributed by atoms with van der Waals surface area (Å²) in [7, 11) is 0. The lowest BCUT2D eigenvalue weighted by atomic mass is 10.2. The minimum Gasteiger partial charge on any atom is -0.378 e. The van der Waals surface area contributed by atoms with Gasteiger partial charge in [-0.25, -0.2) is 9.97 Å². The topological polar surface area (TPSA) is 105 Å². The molecule has 2 aromatic heterocycles. The van der Waals surface area contributed by atoms with Crippen LogP contribution in [0.5, 0.6) is 0 Å². The van der Waals surface area contributed by atoms with Crippen LogP contribution in [-0.2, 0) is 4.74 Å². The zero-order chi connectivity index (χ0) is 17.6. The Bertz CT molecular complexity index is 707. The van der Waals surface area contributed by atoms with E-state index in [1.165, 1.54) is 6.33 Å². The summed E-state index contributed by atoms with van der Waals surface area (Å²) < 4.78 is 10.4. The molecule has 1 fully saturated rings. The fourth-order valence-electron chi connectivity index (χ4n) is 2.67. The van der Waals surface area contributed by atoms with Crippen LogP contribution in [0.15, 0.2) is 16.9 Å². The van der Waals surface area contributed by atoms with Crippen molar-refractivity contribution in [1.82, 2.24) is 20.4 Å². The third-order valence-corrected chi connectivity index (χ3v) is 3.96. The number of ether oxygens (including phenoxy) is 1. The lowest BCUT2D eigenvalue weighted by Crippen LogP contribution is -2.36. The van der Waals surface area contributed by atoms with E-state index in [0.29, 0.717) is 43.3 Å². The van der Waals surface area contributed by atoms with Crippen molar-refractivity contribution >= 4 is 17.5 Å². The first-order valence-corrected chi connectivity index (χ1v) is 8.25. The molecule has 0 spiro atoms. The van der Waals surface area contributed by atoms with Crippen molar-refractivity contribution in [1.29, 1.82) is 0 Å². The van der Waals surface area contributed by atoms with Crippen LogP contribution in [0.3, 0.4) is 0 Å². The van der Waals surface area contributed by atoms with E-state index in [0.717, 1.165) is 24.7 Å². The maximum absolute atomic E-state index is 12.1. The molecule has 0 saturated carbocycles. The summed E-state index contributed by atoms with van der Waals surface area (Å²) in [4.78, 5) is 22.8. The Morgan fingerprint density at radius 3 is 2.76 bits per heavy atom. The lowest BCUT2D eigenvalue weighted by Gasteiger charge is -2.27. The van der Waals surface area contributed by atoms with Gasteiger partial charge in [-0.2, -0.15) is 0 Å². The van der Waals surface area contributed by atoms with Crippen LogP contribution in [0.25, 0.3) is 0 Å². The van der Waals surface area contributed by atoms with Gasteiger partial charge in [0, 0.05) is 32.2 Å². The van der Waals surface area contributed by atoms with E-state index in [-0.39, 0.29) is 5.91 Å². The summed E-state index contributed by atoms with van der Waals surface area (Å²) in [5, 5.41) is 9.82. The first kappa shape index (κ1) is 17.2. The minimum atomic E-state index is -0.185. The second-order valence-corrected chi connectivity index (χ2v) is 5.74. The van der Waals surface area contributed by atoms with Crippen molar-refractivity contribution in [3.63, 3.8) is 0 Å². The number of carbonyl (C=O) groups excluding carboxylic acids is 1. The molecule has 3 heterocycles. The van der Waals surface area contributed by atoms with Gasteiger partial charge in [-0.05, 0) is 13.8 Å². The van der Waals surface area contributed by atoms with Crippen molar-refractivity contribution in [3.05, 3.63) is 29.4 Å². The molecule has 0 aromatic carbocycles. The number of nitrogens with zero attached hydrogens (tertiary/aromatic N) is 4. The van der Waals surface area contributed by atoms with E-state index in [1.807, 2.05) is 6.07 Å². The predicted molar refractivity (Wildman–Crippen MR) is 91.9 cm³/mol. The monoisotopic (exact) mass is 346 g/mol. The van der Waals surface area contributed by atoms with Gasteiger partial charge < -0.3 is 24.8 Å². The number of anilines is 2. The summed E-state index contributed by atoms with van der Waals surface area (Å²) >= 11 is 0. The highest BCUT2D eigenvalue weighted by Gasteiger charge is 2.17. The summed E-state index contributed by atoms with van der Waals surface area (Å²) in [6.45, 7) is 7.54. The fourth-order valence-corrected chi connectivity index (χ4v) is 2.67. The molecule has 25 heavy (non-hydrogen) atoms. The van der Waals surface area contributed by atoms with E-state index in [2.05, 4.69) is 30.7 Å². The summed E-state index contributed by atoms with van der Waals surface area (Å²) in [5.41, 5.74) is 1.09. The number of hydrogen-bond donors (Lipinski definition) is 2. The average molecular weight is 346 g/mol. The molecule has 0 radical (unpaired) electrons. The van der Waals surface area contributed by atoms with Crippen LogP contribution in [0, 0.1) is 13.8 Å². The Hall–Kier alpha value is -2.68. The van der Waals surface area contributed by atoms with Gasteiger partial charge in [-0.15, -0.1) is 0 Å². The first-order chi connectivity index (χ1) is 12.1. The molecule has 0 unspecified atom stereocenters. The molecule has 2 aromatic rings. The van der Waals surface area contributed by atoms with Gasteiger partial charge in [0.25, 0.3) is 5.91 Å². The molecule has 9 nitrogen and oxygen atoms in total. The highest BCUT2D eigenvalue weighted by molar-refractivity contribution is 5.96. The van der Waals surface area contributed by atoms with Gasteiger partial charge >= 0.3 is 0 Å². The largest absolute Gasteiger partial charge is 0.378 e. The third-order valence-electron chi connectivity index (χ3n) is 3.96. The highest BCUT2D eigenvalue weighted by Crippen LogP contribution is 2.15. The molecule has 134 valence electrons. The number of carbonyl (C=O) groups is 1. The lowest BCUT2D eigenvalue weighted by molar-refractivity contribution is 0.0953. The van der Waals surface area contributed by atoms with Gasteiger partial charge in [0.15, 0.2) is 0 Å². The van der Waals surface area contributed by atoms with Gasteiger partial charge in [-0.3, -0.25) is 4.79 Å². The molecule has 0 bridgehead atoms. The molecule has 1 aliphatic heterocycles. The Balaban J connectivity index is 1.48. The summed E-state index contributed by atoms with van der Waals surface area (Å²) in [6.07, 6.45) is 1.54. The van der Waals surface area contributed by atoms with Crippen LogP contribution in [0.1, 0.15) is 21.8 Å². The number of amides is 1. The van der Waals surface area contributed by atoms with Crippen molar-refractivity contribution in [2.24, 2.45) is 0 Å². The second-order valence-electron chi connectivity index (χ2n) is 5.74. The zero-order valence-electron chi connectivity index (χ0n) is 14.4. The van der Waals surface area contributed by atoms with E-state index in [1.54, 1.807) is 13.8 Å². The smallest absolute Gasteiger partial charge is 0.256 e. The highest BCUT2D eigenvalue weighted by atomic mass is 16.5. The molecular formula is C16H22N6O3. The van der Waals surface area contributed by atoms with Gasteiger partial charge in [0.05, 0.1) is 18.9 Å². The van der Waals surface area contributed by atoms with E-state index in [9.17, 15) is 4.79 Å². The Morgan fingerprint density at radius 1 is 1.24 bits per heavy atom. The van der Waals surface area contributed by atoms with Crippen molar-refractivity contribution in [2.45, 2.75) is 13.8 Å². The van der Waals surface area contributed by atoms with Gasteiger partial charge in [0.2, 0.25) is 0 Å². The minimum absolute atomic E-state index is 0.185. The van der Waals surface area contributed by atoms with Crippen LogP contribution in [0.2, 0.25) is 0 Å². The normalized spacial score (nSPS) is 14.4. The molecule has 1 amide bonds. The fraction of sp³-hybridized carbons (Fsp3) is 0.500. The number of nitrogens with one attached hydrogen (secondary N) is 2. The second kappa shape index (κ2) is 7.93. The molecule has 0 aliphatic carbocycles. The molecule has 1 aliphatic rings. The maximum Gasteiger partial charge on any atom is 0.256 e. The van der Waals surface area contributed by atoms with E-state index < -0.39 is 0 Å². The zero-order valence-corrected chi connectivity index (χ0v) is 14.4. The van der Waals surface area contributed by atoms with Crippen molar-refractivity contribution in [2.75, 3.05) is 49.6 Å². The Labute approximate surface area is 145 Å². The van der Waals surface area contributed by atoms with Crippen LogP contribution in [0.4, 0.5) is 11.6 Å². The molecule has 0 atom stereocenters. The molecule has 3 rings (SSSR count). The molecule has 2 N–H and O–H groups in total. The first-order valence-electron chi connectivity index (χ1n) is 8.25. The van der Waals surface area contributed by atoms with E-state index >= 15 is 0 Å². The van der Waals surface area contributed by atoms with Crippen molar-refractivity contribution in [3.8, 4) is 0 Å². The average Bonchev–Trinajstić information content (AvgIpc) is 2.98. The number of morpholine rings is 1. The quantitative estimate of drug-likeness (QED) is 0.739. The van der Waals surface area contributed by atoms with Crippen molar-refractivity contribution < 1.29 is 14.1 Å². The summed E-state index contributed by atoms with van der Waals surface area (Å²) in [5.74, 6) is 1.94. The predicted octanol–water partition coefficient (Wildman–Crippen LogP) is 0.760. The molecular weight excluding hydrogens is 324 g/mol. The van der Waals surface area contributed by atoms with E-state index in [4.69, 9.17) is 9.26 Å². The van der Waals surface area contributed by atoms with Crippen LogP contribution >= 0.6 is 0 Å². The molecule has 1 saturated heterocycles. The number of hydrogen-bond acceptors (Lipinski definition) is 8. The number of aromatic nitrogens is 3. The maximum atomic E-state index is 12.1. The third kappa shape index (κ3) is 4.24. The Morgan fingerprint density at radius 2 is 2.04 bits per heavy atom. The number of rotatable bonds is 6. The Kier molecular flexibility index (Phi) is 5.44. The number of aryl methyl sites for hydroxylation is 2. The van der Waals surface area contributed by atoms with Crippen LogP contribution < -0.4 is 15.5 Å². The molecule has 9 heteroatoms. The van der Waals surface area contributed by atoms with Gasteiger partial charge in [-0.1, -0.05) is 5.16 Å². The SMILES string of the molecule is Cc1noc(C)c1C(=O)NCCNc1cc(N2CCOCC2)ncn1. The standard InChI is InChI=1S/C16H22N6O3/c1-11-15(12(2)25-21-11)16(23)18-4-3-17-13-9-14(20-10-19-13)22-5-7-24-8-6-22/h9-10H,3-8H2,1-2H3,(H,18,23)(H,17,19,20). The van der Waals surface area contributed by atoms with Crippen LogP contribution in [-0.4, -0.2) is 60.4 Å². The van der Waals surface area contributed by atoms with Gasteiger partial charge in [0.1, 0.15) is 29.3 Å².